The highest BCUT2D eigenvalue weighted by Gasteiger charge is 2.46. The van der Waals surface area contributed by atoms with Gasteiger partial charge in [-0.2, -0.15) is 0 Å². The van der Waals surface area contributed by atoms with E-state index in [1.165, 1.54) is 0 Å². The van der Waals surface area contributed by atoms with Crippen LogP contribution in [0, 0.1) is 17.8 Å². The molecule has 0 aromatic carbocycles. The Kier molecular flexibility index (Phi) is 3.46. The van der Waals surface area contributed by atoms with E-state index in [9.17, 15) is 4.79 Å². The molecule has 2 aliphatic rings. The second-order valence-electron chi connectivity index (χ2n) is 6.19. The minimum Gasteiger partial charge on any atom is -0.359 e. The molecule has 1 amide bonds. The lowest BCUT2D eigenvalue weighted by Crippen LogP contribution is -2.43. The largest absolute Gasteiger partial charge is 0.359 e. The molecule has 4 rings (SSSR count). The molecule has 0 saturated heterocycles. The van der Waals surface area contributed by atoms with Crippen molar-refractivity contribution >= 4 is 5.91 Å². The predicted octanol–water partition coefficient (Wildman–Crippen LogP) is 1.50. The number of fused-ring (bicyclic) bond motifs is 2. The van der Waals surface area contributed by atoms with Crippen LogP contribution in [0.25, 0.3) is 11.3 Å². The van der Waals surface area contributed by atoms with Crippen LogP contribution in [0.2, 0.25) is 0 Å². The van der Waals surface area contributed by atoms with Gasteiger partial charge in [-0.05, 0) is 30.4 Å². The van der Waals surface area contributed by atoms with Crippen LogP contribution in [-0.2, 0) is 11.3 Å². The van der Waals surface area contributed by atoms with E-state index in [4.69, 9.17) is 10.3 Å². The number of nitrogens with two attached hydrogens (primary N) is 1. The fraction of sp³-hybridized carbons (Fsp3) is 0.353. The summed E-state index contributed by atoms with van der Waals surface area (Å²) in [5.74, 6) is 1.10. The fourth-order valence-corrected chi connectivity index (χ4v) is 3.57. The third kappa shape index (κ3) is 2.55. The van der Waals surface area contributed by atoms with Gasteiger partial charge in [0.25, 0.3) is 0 Å². The highest BCUT2D eigenvalue weighted by atomic mass is 16.5. The molecule has 3 N–H and O–H groups in total. The molecule has 2 heterocycles. The van der Waals surface area contributed by atoms with Crippen molar-refractivity contribution in [3.8, 4) is 11.3 Å². The van der Waals surface area contributed by atoms with Gasteiger partial charge in [0.2, 0.25) is 5.91 Å². The summed E-state index contributed by atoms with van der Waals surface area (Å²) in [5.41, 5.74) is 7.75. The van der Waals surface area contributed by atoms with E-state index in [1.54, 1.807) is 12.4 Å². The maximum Gasteiger partial charge on any atom is 0.225 e. The highest BCUT2D eigenvalue weighted by Crippen LogP contribution is 2.42. The number of amides is 1. The number of pyridine rings is 1. The molecule has 0 aliphatic heterocycles. The van der Waals surface area contributed by atoms with Gasteiger partial charge in [-0.15, -0.1) is 0 Å². The van der Waals surface area contributed by atoms with Gasteiger partial charge < -0.3 is 15.6 Å². The normalized spacial score (nSPS) is 28.2. The van der Waals surface area contributed by atoms with Crippen LogP contribution in [0.3, 0.4) is 0 Å². The van der Waals surface area contributed by atoms with Gasteiger partial charge in [0, 0.05) is 30.1 Å². The van der Waals surface area contributed by atoms with Crippen molar-refractivity contribution < 1.29 is 9.32 Å². The maximum atomic E-state index is 12.4. The zero-order valence-corrected chi connectivity index (χ0v) is 12.6. The van der Waals surface area contributed by atoms with Crippen molar-refractivity contribution in [1.29, 1.82) is 0 Å². The molecule has 0 spiro atoms. The Morgan fingerprint density at radius 3 is 3.00 bits per heavy atom. The van der Waals surface area contributed by atoms with Crippen molar-refractivity contribution in [1.82, 2.24) is 15.5 Å². The van der Waals surface area contributed by atoms with Gasteiger partial charge >= 0.3 is 0 Å². The first-order valence-electron chi connectivity index (χ1n) is 7.80. The quantitative estimate of drug-likeness (QED) is 0.835. The molecule has 2 aromatic rings. The van der Waals surface area contributed by atoms with E-state index in [0.717, 1.165) is 12.0 Å². The smallest absolute Gasteiger partial charge is 0.225 e. The molecule has 1 fully saturated rings. The molecular formula is C17H18N4O2. The van der Waals surface area contributed by atoms with Gasteiger partial charge in [0.05, 0.1) is 12.5 Å². The summed E-state index contributed by atoms with van der Waals surface area (Å²) in [6, 6.07) is 5.49. The van der Waals surface area contributed by atoms with E-state index >= 15 is 0 Å². The lowest BCUT2D eigenvalue weighted by Gasteiger charge is -2.23. The standard InChI is InChI=1S/C17H18N4O2/c18-16-11-4-3-10(6-11)15(16)17(22)20-9-13-7-14(21-23-13)12-2-1-5-19-8-12/h1-5,7-8,10-11,15-16H,6,9,18H2,(H,20,22)/t10-,11+,15-,16+/m1/s1. The minimum atomic E-state index is -0.134. The van der Waals surface area contributed by atoms with Crippen LogP contribution in [-0.4, -0.2) is 22.1 Å². The first-order valence-corrected chi connectivity index (χ1v) is 7.80. The second kappa shape index (κ2) is 5.62. The molecule has 2 bridgehead atoms. The van der Waals surface area contributed by atoms with Crippen LogP contribution < -0.4 is 11.1 Å². The Morgan fingerprint density at radius 2 is 2.26 bits per heavy atom. The summed E-state index contributed by atoms with van der Waals surface area (Å²) in [4.78, 5) is 16.5. The third-order valence-electron chi connectivity index (χ3n) is 4.78. The predicted molar refractivity (Wildman–Crippen MR) is 83.8 cm³/mol. The lowest BCUT2D eigenvalue weighted by atomic mass is 9.89. The molecule has 4 atom stereocenters. The Morgan fingerprint density at radius 1 is 1.39 bits per heavy atom. The van der Waals surface area contributed by atoms with Crippen LogP contribution >= 0.6 is 0 Å². The van der Waals surface area contributed by atoms with Gasteiger partial charge in [-0.3, -0.25) is 9.78 Å². The van der Waals surface area contributed by atoms with Crippen LogP contribution in [0.1, 0.15) is 12.2 Å². The summed E-state index contributed by atoms with van der Waals surface area (Å²) in [6.07, 6.45) is 8.67. The van der Waals surface area contributed by atoms with Crippen molar-refractivity contribution in [2.45, 2.75) is 19.0 Å². The molecule has 0 radical (unpaired) electrons. The summed E-state index contributed by atoms with van der Waals surface area (Å²) < 4.78 is 5.28. The zero-order valence-electron chi connectivity index (χ0n) is 12.6. The number of carbonyl (C=O) groups excluding carboxylic acids is 1. The molecule has 6 heteroatoms. The number of carbonyl (C=O) groups is 1. The summed E-state index contributed by atoms with van der Waals surface area (Å²) >= 11 is 0. The molecule has 1 saturated carbocycles. The Bertz CT molecular complexity index is 740. The maximum absolute atomic E-state index is 12.4. The average molecular weight is 310 g/mol. The minimum absolute atomic E-state index is 0.00585. The van der Waals surface area contributed by atoms with Crippen LogP contribution in [0.5, 0.6) is 0 Å². The van der Waals surface area contributed by atoms with Gasteiger partial charge in [0.1, 0.15) is 5.69 Å². The molecular weight excluding hydrogens is 292 g/mol. The highest BCUT2D eigenvalue weighted by molar-refractivity contribution is 5.81. The molecule has 118 valence electrons. The van der Waals surface area contributed by atoms with Gasteiger partial charge in [-0.1, -0.05) is 17.3 Å². The SMILES string of the molecule is N[C@@H]1[C@H](C(=O)NCc2cc(-c3cccnc3)no2)[C@@H]2C=C[C@H]1C2. The topological polar surface area (TPSA) is 94.0 Å². The number of rotatable bonds is 4. The number of nitrogens with zero attached hydrogens (tertiary/aromatic N) is 2. The van der Waals surface area contributed by atoms with Crippen molar-refractivity contribution in [3.05, 3.63) is 48.5 Å². The van der Waals surface area contributed by atoms with E-state index in [-0.39, 0.29) is 23.8 Å². The number of hydrogen-bond donors (Lipinski definition) is 2. The van der Waals surface area contributed by atoms with Crippen molar-refractivity contribution in [2.75, 3.05) is 0 Å². The molecule has 0 unspecified atom stereocenters. The number of nitrogens with one attached hydrogen (secondary N) is 1. The van der Waals surface area contributed by atoms with E-state index < -0.39 is 0 Å². The lowest BCUT2D eigenvalue weighted by molar-refractivity contribution is -0.126. The van der Waals surface area contributed by atoms with E-state index in [1.807, 2.05) is 18.2 Å². The molecule has 6 nitrogen and oxygen atoms in total. The van der Waals surface area contributed by atoms with Crippen LogP contribution in [0.4, 0.5) is 0 Å². The summed E-state index contributed by atoms with van der Waals surface area (Å²) in [5, 5.41) is 6.93. The average Bonchev–Trinajstić information content (AvgIpc) is 3.29. The first kappa shape index (κ1) is 14.1. The third-order valence-corrected chi connectivity index (χ3v) is 4.78. The van der Waals surface area contributed by atoms with Crippen LogP contribution in [0.15, 0.2) is 47.3 Å². The van der Waals surface area contributed by atoms with E-state index in [0.29, 0.717) is 23.9 Å². The van der Waals surface area contributed by atoms with Crippen molar-refractivity contribution in [2.24, 2.45) is 23.5 Å². The van der Waals surface area contributed by atoms with E-state index in [2.05, 4.69) is 27.6 Å². The summed E-state index contributed by atoms with van der Waals surface area (Å²) in [6.45, 7) is 0.316. The Balaban J connectivity index is 1.39. The summed E-state index contributed by atoms with van der Waals surface area (Å²) in [7, 11) is 0. The second-order valence-corrected chi connectivity index (χ2v) is 6.19. The molecule has 2 aromatic heterocycles. The Labute approximate surface area is 133 Å². The number of hydrogen-bond acceptors (Lipinski definition) is 5. The Hall–Kier alpha value is -2.47. The fourth-order valence-electron chi connectivity index (χ4n) is 3.57. The molecule has 2 aliphatic carbocycles. The van der Waals surface area contributed by atoms with Gasteiger partial charge in [0.15, 0.2) is 5.76 Å². The monoisotopic (exact) mass is 310 g/mol. The number of allylic oxidation sites excluding steroid dienone is 1. The van der Waals surface area contributed by atoms with Crippen molar-refractivity contribution in [3.63, 3.8) is 0 Å². The molecule has 23 heavy (non-hydrogen) atoms. The zero-order chi connectivity index (χ0) is 15.8. The van der Waals surface area contributed by atoms with Gasteiger partial charge in [-0.25, -0.2) is 0 Å². The first-order chi connectivity index (χ1) is 11.2. The number of aromatic nitrogens is 2.